The lowest BCUT2D eigenvalue weighted by Crippen LogP contribution is -2.31. The van der Waals surface area contributed by atoms with E-state index in [1.165, 1.54) is 6.42 Å². The molecule has 1 fully saturated rings. The standard InChI is InChI=1S/C15H28O3/c1-15(2,3)18-14(17)13-9-7-12(8-10-13)6-4-5-11-16/h12-13,16H,4-11H2,1-3H3. The first-order valence-corrected chi connectivity index (χ1v) is 7.26. The zero-order chi connectivity index (χ0) is 13.6. The van der Waals surface area contributed by atoms with Gasteiger partial charge in [-0.3, -0.25) is 4.79 Å². The fourth-order valence-electron chi connectivity index (χ4n) is 2.62. The second-order valence-electron chi connectivity index (χ2n) is 6.47. The van der Waals surface area contributed by atoms with E-state index >= 15 is 0 Å². The van der Waals surface area contributed by atoms with Crippen molar-refractivity contribution < 1.29 is 14.6 Å². The van der Waals surface area contributed by atoms with Gasteiger partial charge in [0, 0.05) is 6.61 Å². The van der Waals surface area contributed by atoms with Crippen LogP contribution in [0.15, 0.2) is 0 Å². The SMILES string of the molecule is CC(C)(C)OC(=O)C1CCC(CCCCO)CC1. The summed E-state index contributed by atoms with van der Waals surface area (Å²) in [7, 11) is 0. The third-order valence-electron chi connectivity index (χ3n) is 3.61. The molecule has 0 aliphatic heterocycles. The maximum Gasteiger partial charge on any atom is 0.309 e. The number of esters is 1. The molecule has 0 radical (unpaired) electrons. The molecular formula is C15H28O3. The van der Waals surface area contributed by atoms with Gasteiger partial charge in [0.25, 0.3) is 0 Å². The minimum absolute atomic E-state index is 0.0173. The van der Waals surface area contributed by atoms with Gasteiger partial charge in [-0.1, -0.05) is 12.8 Å². The van der Waals surface area contributed by atoms with Crippen LogP contribution in [0.2, 0.25) is 0 Å². The van der Waals surface area contributed by atoms with Gasteiger partial charge in [0.2, 0.25) is 0 Å². The Morgan fingerprint density at radius 1 is 1.17 bits per heavy atom. The Morgan fingerprint density at radius 2 is 1.78 bits per heavy atom. The lowest BCUT2D eigenvalue weighted by atomic mass is 9.80. The second-order valence-corrected chi connectivity index (χ2v) is 6.47. The smallest absolute Gasteiger partial charge is 0.309 e. The molecule has 0 atom stereocenters. The van der Waals surface area contributed by atoms with Crippen LogP contribution in [0, 0.1) is 11.8 Å². The van der Waals surface area contributed by atoms with Crippen molar-refractivity contribution >= 4 is 5.97 Å². The highest BCUT2D eigenvalue weighted by molar-refractivity contribution is 5.72. The molecule has 0 bridgehead atoms. The molecule has 106 valence electrons. The summed E-state index contributed by atoms with van der Waals surface area (Å²) in [6, 6.07) is 0. The molecule has 0 saturated heterocycles. The monoisotopic (exact) mass is 256 g/mol. The molecule has 0 amide bonds. The first-order chi connectivity index (χ1) is 8.42. The summed E-state index contributed by atoms with van der Waals surface area (Å²) in [5.41, 5.74) is -0.366. The van der Waals surface area contributed by atoms with Crippen LogP contribution in [0.5, 0.6) is 0 Å². The molecule has 1 N–H and O–H groups in total. The zero-order valence-electron chi connectivity index (χ0n) is 12.1. The van der Waals surface area contributed by atoms with Crippen LogP contribution in [0.25, 0.3) is 0 Å². The summed E-state index contributed by atoms with van der Waals surface area (Å²) >= 11 is 0. The average molecular weight is 256 g/mol. The van der Waals surface area contributed by atoms with E-state index in [1.807, 2.05) is 20.8 Å². The third-order valence-corrected chi connectivity index (χ3v) is 3.61. The van der Waals surface area contributed by atoms with Crippen molar-refractivity contribution in [2.24, 2.45) is 11.8 Å². The molecule has 0 heterocycles. The molecule has 1 aliphatic carbocycles. The van der Waals surface area contributed by atoms with E-state index in [0.29, 0.717) is 6.61 Å². The number of ether oxygens (including phenoxy) is 1. The molecule has 0 aromatic rings. The summed E-state index contributed by atoms with van der Waals surface area (Å²) in [6.07, 6.45) is 7.42. The minimum atomic E-state index is -0.366. The Labute approximate surface area is 111 Å². The van der Waals surface area contributed by atoms with Gasteiger partial charge in [0.15, 0.2) is 0 Å². The Balaban J connectivity index is 2.24. The highest BCUT2D eigenvalue weighted by Gasteiger charge is 2.29. The normalized spacial score (nSPS) is 24.9. The van der Waals surface area contributed by atoms with Gasteiger partial charge in [0.05, 0.1) is 5.92 Å². The predicted molar refractivity (Wildman–Crippen MR) is 72.2 cm³/mol. The number of aliphatic hydroxyl groups is 1. The lowest BCUT2D eigenvalue weighted by Gasteiger charge is -2.29. The lowest BCUT2D eigenvalue weighted by molar-refractivity contribution is -0.161. The zero-order valence-corrected chi connectivity index (χ0v) is 12.1. The quantitative estimate of drug-likeness (QED) is 0.606. The van der Waals surface area contributed by atoms with Gasteiger partial charge in [-0.15, -0.1) is 0 Å². The largest absolute Gasteiger partial charge is 0.460 e. The first kappa shape index (κ1) is 15.5. The number of carbonyl (C=O) groups excluding carboxylic acids is 1. The summed E-state index contributed by atoms with van der Waals surface area (Å²) in [4.78, 5) is 11.9. The van der Waals surface area contributed by atoms with Gasteiger partial charge in [0.1, 0.15) is 5.60 Å². The predicted octanol–water partition coefficient (Wildman–Crippen LogP) is 3.30. The molecule has 0 aromatic carbocycles. The van der Waals surface area contributed by atoms with Gasteiger partial charge >= 0.3 is 5.97 Å². The van der Waals surface area contributed by atoms with Crippen LogP contribution in [-0.2, 0) is 9.53 Å². The molecule has 3 nitrogen and oxygen atoms in total. The summed E-state index contributed by atoms with van der Waals surface area (Å²) in [5.74, 6) is 0.838. The highest BCUT2D eigenvalue weighted by Crippen LogP contribution is 2.33. The maximum absolute atomic E-state index is 11.9. The van der Waals surface area contributed by atoms with Crippen molar-refractivity contribution in [3.63, 3.8) is 0 Å². The van der Waals surface area contributed by atoms with E-state index < -0.39 is 0 Å². The van der Waals surface area contributed by atoms with Crippen LogP contribution in [-0.4, -0.2) is 23.3 Å². The highest BCUT2D eigenvalue weighted by atomic mass is 16.6. The summed E-state index contributed by atoms with van der Waals surface area (Å²) < 4.78 is 5.44. The van der Waals surface area contributed by atoms with E-state index in [9.17, 15) is 4.79 Å². The number of unbranched alkanes of at least 4 members (excludes halogenated alkanes) is 1. The fraction of sp³-hybridized carbons (Fsp3) is 0.933. The molecule has 0 spiro atoms. The van der Waals surface area contributed by atoms with E-state index in [-0.39, 0.29) is 17.5 Å². The second kappa shape index (κ2) is 7.13. The Bertz CT molecular complexity index is 247. The number of carbonyl (C=O) groups is 1. The minimum Gasteiger partial charge on any atom is -0.460 e. The van der Waals surface area contributed by atoms with Crippen LogP contribution in [0.1, 0.15) is 65.7 Å². The molecule has 18 heavy (non-hydrogen) atoms. The van der Waals surface area contributed by atoms with E-state index in [4.69, 9.17) is 9.84 Å². The number of hydrogen-bond donors (Lipinski definition) is 1. The number of aliphatic hydroxyl groups excluding tert-OH is 1. The van der Waals surface area contributed by atoms with Gasteiger partial charge in [-0.25, -0.2) is 0 Å². The van der Waals surface area contributed by atoms with Crippen LogP contribution < -0.4 is 0 Å². The molecule has 0 aromatic heterocycles. The Kier molecular flexibility index (Phi) is 6.13. The van der Waals surface area contributed by atoms with Crippen LogP contribution in [0.4, 0.5) is 0 Å². The molecule has 3 heteroatoms. The topological polar surface area (TPSA) is 46.5 Å². The number of hydrogen-bond acceptors (Lipinski definition) is 3. The Morgan fingerprint density at radius 3 is 2.28 bits per heavy atom. The van der Waals surface area contributed by atoms with E-state index in [1.54, 1.807) is 0 Å². The van der Waals surface area contributed by atoms with E-state index in [0.717, 1.165) is 44.4 Å². The van der Waals surface area contributed by atoms with E-state index in [2.05, 4.69) is 0 Å². The van der Waals surface area contributed by atoms with Gasteiger partial charge < -0.3 is 9.84 Å². The van der Waals surface area contributed by atoms with Crippen LogP contribution in [0.3, 0.4) is 0 Å². The molecule has 1 saturated carbocycles. The first-order valence-electron chi connectivity index (χ1n) is 7.26. The van der Waals surface area contributed by atoms with Gasteiger partial charge in [-0.05, 0) is 58.8 Å². The Hall–Kier alpha value is -0.570. The number of rotatable bonds is 5. The van der Waals surface area contributed by atoms with Crippen molar-refractivity contribution in [1.82, 2.24) is 0 Å². The van der Waals surface area contributed by atoms with Crippen molar-refractivity contribution in [2.75, 3.05) is 6.61 Å². The third kappa shape index (κ3) is 5.85. The summed E-state index contributed by atoms with van der Waals surface area (Å²) in [5, 5.41) is 8.76. The van der Waals surface area contributed by atoms with Gasteiger partial charge in [-0.2, -0.15) is 0 Å². The average Bonchev–Trinajstić information content (AvgIpc) is 2.28. The van der Waals surface area contributed by atoms with Crippen molar-refractivity contribution in [3.05, 3.63) is 0 Å². The molecule has 1 aliphatic rings. The molecule has 0 unspecified atom stereocenters. The van der Waals surface area contributed by atoms with Crippen molar-refractivity contribution in [3.8, 4) is 0 Å². The van der Waals surface area contributed by atoms with Crippen molar-refractivity contribution in [1.29, 1.82) is 0 Å². The van der Waals surface area contributed by atoms with Crippen molar-refractivity contribution in [2.45, 2.75) is 71.3 Å². The summed E-state index contributed by atoms with van der Waals surface area (Å²) in [6.45, 7) is 6.06. The van der Waals surface area contributed by atoms with Crippen LogP contribution >= 0.6 is 0 Å². The fourth-order valence-corrected chi connectivity index (χ4v) is 2.62. The molecule has 1 rings (SSSR count). The maximum atomic E-state index is 11.9. The molecular weight excluding hydrogens is 228 g/mol.